The number of nitrogens with one attached hydrogen (secondary N) is 1. The second kappa shape index (κ2) is 5.36. The van der Waals surface area contributed by atoms with Crippen molar-refractivity contribution in [3.05, 3.63) is 29.3 Å². The normalized spacial score (nSPS) is 10.0. The Hall–Kier alpha value is -1.55. The van der Waals surface area contributed by atoms with Crippen LogP contribution in [0.4, 0.5) is 0 Å². The second-order valence-electron chi connectivity index (χ2n) is 3.07. The highest BCUT2D eigenvalue weighted by molar-refractivity contribution is 5.96. The number of carbonyl (C=O) groups is 1. The van der Waals surface area contributed by atoms with Gasteiger partial charge in [-0.3, -0.25) is 9.63 Å². The van der Waals surface area contributed by atoms with Crippen LogP contribution in [0.1, 0.15) is 29.8 Å². The Kier molecular flexibility index (Phi) is 4.12. The van der Waals surface area contributed by atoms with E-state index < -0.39 is 5.91 Å². The molecule has 1 amide bonds. The van der Waals surface area contributed by atoms with E-state index in [0.29, 0.717) is 6.61 Å². The average molecular weight is 209 g/mol. The van der Waals surface area contributed by atoms with E-state index in [2.05, 4.69) is 5.48 Å². The smallest absolute Gasteiger partial charge is 0.278 e. The van der Waals surface area contributed by atoms with E-state index in [-0.39, 0.29) is 11.3 Å². The molecule has 1 rings (SSSR count). The minimum Gasteiger partial charge on any atom is -0.507 e. The fourth-order valence-corrected chi connectivity index (χ4v) is 1.18. The predicted octanol–water partition coefficient (Wildman–Crippen LogP) is 1.64. The van der Waals surface area contributed by atoms with Crippen LogP contribution in [0.3, 0.4) is 0 Å². The van der Waals surface area contributed by atoms with Crippen molar-refractivity contribution >= 4 is 5.91 Å². The number of hydrogen-bond acceptors (Lipinski definition) is 3. The SMILES string of the molecule is CCONC(=O)c1cc(CC)ccc1O. The van der Waals surface area contributed by atoms with E-state index >= 15 is 0 Å². The molecule has 4 nitrogen and oxygen atoms in total. The molecule has 4 heteroatoms. The van der Waals surface area contributed by atoms with Crippen LogP contribution in [-0.2, 0) is 11.3 Å². The number of phenols is 1. The van der Waals surface area contributed by atoms with Gasteiger partial charge in [-0.2, -0.15) is 0 Å². The highest BCUT2D eigenvalue weighted by Crippen LogP contribution is 2.18. The Labute approximate surface area is 88.8 Å². The van der Waals surface area contributed by atoms with Gasteiger partial charge in [-0.15, -0.1) is 0 Å². The van der Waals surface area contributed by atoms with E-state index in [1.165, 1.54) is 6.07 Å². The van der Waals surface area contributed by atoms with Gasteiger partial charge in [-0.05, 0) is 31.0 Å². The minimum atomic E-state index is -0.426. The van der Waals surface area contributed by atoms with Crippen LogP contribution in [0.2, 0.25) is 0 Å². The van der Waals surface area contributed by atoms with E-state index in [9.17, 15) is 9.90 Å². The molecule has 2 N–H and O–H groups in total. The minimum absolute atomic E-state index is 0.0376. The number of hydroxylamine groups is 1. The van der Waals surface area contributed by atoms with E-state index in [0.717, 1.165) is 12.0 Å². The molecule has 0 unspecified atom stereocenters. The van der Waals surface area contributed by atoms with Crippen molar-refractivity contribution in [2.24, 2.45) is 0 Å². The first-order valence-electron chi connectivity index (χ1n) is 4.93. The molecule has 0 bridgehead atoms. The summed E-state index contributed by atoms with van der Waals surface area (Å²) in [5.41, 5.74) is 3.48. The van der Waals surface area contributed by atoms with Gasteiger partial charge in [0.1, 0.15) is 5.75 Å². The molecule has 82 valence electrons. The second-order valence-corrected chi connectivity index (χ2v) is 3.07. The topological polar surface area (TPSA) is 58.6 Å². The van der Waals surface area contributed by atoms with Gasteiger partial charge in [0.25, 0.3) is 5.91 Å². The van der Waals surface area contributed by atoms with Crippen molar-refractivity contribution < 1.29 is 14.7 Å². The standard InChI is InChI=1S/C11H15NO3/c1-3-8-5-6-10(13)9(7-8)11(14)12-15-4-2/h5-7,13H,3-4H2,1-2H3,(H,12,14). The quantitative estimate of drug-likeness (QED) is 0.741. The molecule has 1 aromatic rings. The molecule has 0 spiro atoms. The van der Waals surface area contributed by atoms with Gasteiger partial charge in [0, 0.05) is 0 Å². The molecule has 0 fully saturated rings. The Bertz CT molecular complexity index is 350. The zero-order chi connectivity index (χ0) is 11.3. The zero-order valence-electron chi connectivity index (χ0n) is 8.91. The van der Waals surface area contributed by atoms with Gasteiger partial charge in [0.15, 0.2) is 0 Å². The molecule has 0 heterocycles. The molecule has 15 heavy (non-hydrogen) atoms. The van der Waals surface area contributed by atoms with Crippen molar-refractivity contribution in [2.45, 2.75) is 20.3 Å². The number of amides is 1. The van der Waals surface area contributed by atoms with E-state index in [1.807, 2.05) is 6.92 Å². The molecule has 0 saturated heterocycles. The monoisotopic (exact) mass is 209 g/mol. The Morgan fingerprint density at radius 2 is 2.20 bits per heavy atom. The molecule has 0 saturated carbocycles. The predicted molar refractivity (Wildman–Crippen MR) is 56.6 cm³/mol. The Morgan fingerprint density at radius 3 is 2.80 bits per heavy atom. The lowest BCUT2D eigenvalue weighted by Gasteiger charge is -2.07. The zero-order valence-corrected chi connectivity index (χ0v) is 8.91. The highest BCUT2D eigenvalue weighted by atomic mass is 16.6. The number of phenolic OH excluding ortho intramolecular Hbond substituents is 1. The number of hydrogen-bond donors (Lipinski definition) is 2. The molecule has 0 aliphatic rings. The lowest BCUT2D eigenvalue weighted by Crippen LogP contribution is -2.23. The van der Waals surface area contributed by atoms with E-state index in [1.54, 1.807) is 19.1 Å². The van der Waals surface area contributed by atoms with Crippen LogP contribution < -0.4 is 5.48 Å². The average Bonchev–Trinajstić information content (AvgIpc) is 2.26. The summed E-state index contributed by atoms with van der Waals surface area (Å²) in [5, 5.41) is 9.48. The maximum atomic E-state index is 11.5. The van der Waals surface area contributed by atoms with E-state index in [4.69, 9.17) is 4.84 Å². The fraction of sp³-hybridized carbons (Fsp3) is 0.364. The van der Waals surface area contributed by atoms with Gasteiger partial charge in [0.05, 0.1) is 12.2 Å². The summed E-state index contributed by atoms with van der Waals surface area (Å²) in [7, 11) is 0. The molecule has 0 radical (unpaired) electrons. The summed E-state index contributed by atoms with van der Waals surface area (Å²) < 4.78 is 0. The molecule has 1 aromatic carbocycles. The fourth-order valence-electron chi connectivity index (χ4n) is 1.18. The van der Waals surface area contributed by atoms with Gasteiger partial charge in [0.2, 0.25) is 0 Å². The highest BCUT2D eigenvalue weighted by Gasteiger charge is 2.11. The molecule has 0 aliphatic carbocycles. The lowest BCUT2D eigenvalue weighted by atomic mass is 10.1. The van der Waals surface area contributed by atoms with Gasteiger partial charge in [-0.1, -0.05) is 13.0 Å². The summed E-state index contributed by atoms with van der Waals surface area (Å²) in [6.07, 6.45) is 0.815. The van der Waals surface area contributed by atoms with Crippen molar-refractivity contribution in [2.75, 3.05) is 6.61 Å². The maximum absolute atomic E-state index is 11.5. The van der Waals surface area contributed by atoms with Gasteiger partial charge >= 0.3 is 0 Å². The first-order valence-corrected chi connectivity index (χ1v) is 4.93. The van der Waals surface area contributed by atoms with Crippen LogP contribution in [-0.4, -0.2) is 17.6 Å². The van der Waals surface area contributed by atoms with Crippen molar-refractivity contribution in [1.29, 1.82) is 0 Å². The van der Waals surface area contributed by atoms with Gasteiger partial charge < -0.3 is 5.11 Å². The number of carbonyl (C=O) groups excluding carboxylic acids is 1. The largest absolute Gasteiger partial charge is 0.507 e. The Balaban J connectivity index is 2.86. The van der Waals surface area contributed by atoms with Crippen LogP contribution >= 0.6 is 0 Å². The summed E-state index contributed by atoms with van der Waals surface area (Å²) in [6, 6.07) is 4.95. The van der Waals surface area contributed by atoms with Crippen molar-refractivity contribution in [3.8, 4) is 5.75 Å². The summed E-state index contributed by atoms with van der Waals surface area (Å²) >= 11 is 0. The maximum Gasteiger partial charge on any atom is 0.278 e. The Morgan fingerprint density at radius 1 is 1.47 bits per heavy atom. The van der Waals surface area contributed by atoms with Crippen LogP contribution in [0, 0.1) is 0 Å². The summed E-state index contributed by atoms with van der Waals surface area (Å²) in [4.78, 5) is 16.3. The summed E-state index contributed by atoms with van der Waals surface area (Å²) in [5.74, 6) is -0.464. The van der Waals surface area contributed by atoms with Crippen LogP contribution in [0.15, 0.2) is 18.2 Å². The number of aryl methyl sites for hydroxylation is 1. The number of aromatic hydroxyl groups is 1. The third kappa shape index (κ3) is 2.95. The van der Waals surface area contributed by atoms with Crippen LogP contribution in [0.25, 0.3) is 0 Å². The molecular formula is C11H15NO3. The number of rotatable bonds is 4. The summed E-state index contributed by atoms with van der Waals surface area (Å²) in [6.45, 7) is 4.14. The molecule has 0 aromatic heterocycles. The molecule has 0 atom stereocenters. The van der Waals surface area contributed by atoms with Crippen molar-refractivity contribution in [1.82, 2.24) is 5.48 Å². The third-order valence-electron chi connectivity index (χ3n) is 2.02. The third-order valence-corrected chi connectivity index (χ3v) is 2.02. The number of benzene rings is 1. The van der Waals surface area contributed by atoms with Crippen molar-refractivity contribution in [3.63, 3.8) is 0 Å². The van der Waals surface area contributed by atoms with Gasteiger partial charge in [-0.25, -0.2) is 5.48 Å². The first kappa shape index (κ1) is 11.5. The first-order chi connectivity index (χ1) is 7.19. The van der Waals surface area contributed by atoms with Crippen LogP contribution in [0.5, 0.6) is 5.75 Å². The molecular weight excluding hydrogens is 194 g/mol. The lowest BCUT2D eigenvalue weighted by molar-refractivity contribution is 0.0362. The molecule has 0 aliphatic heterocycles.